The fraction of sp³-hybridized carbons (Fsp3) is 0.389. The van der Waals surface area contributed by atoms with E-state index in [1.807, 2.05) is 23.1 Å². The Labute approximate surface area is 268 Å². The Balaban J connectivity index is 1.33. The summed E-state index contributed by atoms with van der Waals surface area (Å²) < 4.78 is 14.4. The molecule has 6 rings (SSSR count). The molecule has 46 heavy (non-hydrogen) atoms. The monoisotopic (exact) mass is 621 g/mol. The van der Waals surface area contributed by atoms with E-state index in [0.717, 1.165) is 24.8 Å². The van der Waals surface area contributed by atoms with Gasteiger partial charge in [0.1, 0.15) is 17.2 Å². The second-order valence-corrected chi connectivity index (χ2v) is 13.6. The van der Waals surface area contributed by atoms with Gasteiger partial charge in [0.15, 0.2) is 5.82 Å². The molecule has 1 saturated carbocycles. The molecule has 2 amide bonds. The summed E-state index contributed by atoms with van der Waals surface area (Å²) >= 11 is 0. The Hall–Kier alpha value is -4.73. The number of aromatic nitrogens is 4. The predicted octanol–water partition coefficient (Wildman–Crippen LogP) is 6.52. The average Bonchev–Trinajstić information content (AvgIpc) is 3.67. The number of nitrogens with one attached hydrogen (secondary N) is 2. The van der Waals surface area contributed by atoms with Gasteiger partial charge in [-0.25, -0.2) is 4.39 Å². The summed E-state index contributed by atoms with van der Waals surface area (Å²) in [5.74, 6) is -0.0563. The van der Waals surface area contributed by atoms with E-state index in [4.69, 9.17) is 4.99 Å². The van der Waals surface area contributed by atoms with E-state index in [-0.39, 0.29) is 29.8 Å². The van der Waals surface area contributed by atoms with E-state index in [9.17, 15) is 14.0 Å². The second kappa shape index (κ2) is 12.9. The molecule has 4 aromatic rings. The van der Waals surface area contributed by atoms with Crippen LogP contribution in [0.3, 0.4) is 0 Å². The second-order valence-electron chi connectivity index (χ2n) is 13.6. The third kappa shape index (κ3) is 6.76. The van der Waals surface area contributed by atoms with Crippen LogP contribution >= 0.6 is 0 Å². The van der Waals surface area contributed by atoms with E-state index < -0.39 is 11.5 Å². The van der Waals surface area contributed by atoms with Crippen LogP contribution in [0.2, 0.25) is 0 Å². The Morgan fingerprint density at radius 2 is 1.78 bits per heavy atom. The van der Waals surface area contributed by atoms with Crippen molar-refractivity contribution in [2.75, 3.05) is 0 Å². The molecule has 9 nitrogen and oxygen atoms in total. The van der Waals surface area contributed by atoms with Crippen molar-refractivity contribution < 1.29 is 14.0 Å². The molecule has 10 heteroatoms. The van der Waals surface area contributed by atoms with Crippen LogP contribution in [0.5, 0.6) is 0 Å². The molecule has 1 atom stereocenters. The lowest BCUT2D eigenvalue weighted by Crippen LogP contribution is -2.50. The number of carbonyl (C=O) groups is 2. The minimum atomic E-state index is -0.743. The zero-order valence-corrected chi connectivity index (χ0v) is 26.5. The van der Waals surface area contributed by atoms with Crippen molar-refractivity contribution in [1.29, 1.82) is 0 Å². The van der Waals surface area contributed by atoms with Gasteiger partial charge in [0, 0.05) is 11.1 Å². The molecule has 1 fully saturated rings. The molecule has 2 N–H and O–H groups in total. The van der Waals surface area contributed by atoms with Crippen molar-refractivity contribution in [3.05, 3.63) is 113 Å². The van der Waals surface area contributed by atoms with E-state index >= 15 is 0 Å². The molecular formula is C36H40FN7O2. The molecule has 2 heterocycles. The number of benzene rings is 3. The Morgan fingerprint density at radius 1 is 1.04 bits per heavy atom. The number of hydrogen-bond acceptors (Lipinski definition) is 6. The summed E-state index contributed by atoms with van der Waals surface area (Å²) in [6.07, 6.45) is 4.78. The topological polar surface area (TPSA) is 116 Å². The van der Waals surface area contributed by atoms with Crippen molar-refractivity contribution in [3.8, 4) is 0 Å². The molecule has 0 unspecified atom stereocenters. The fourth-order valence-corrected chi connectivity index (χ4v) is 6.75. The first-order chi connectivity index (χ1) is 22.1. The summed E-state index contributed by atoms with van der Waals surface area (Å²) in [6.45, 7) is 6.74. The van der Waals surface area contributed by atoms with Gasteiger partial charge in [-0.1, -0.05) is 80.6 Å². The van der Waals surface area contributed by atoms with Gasteiger partial charge in [0.25, 0.3) is 11.8 Å². The number of nitrogens with zero attached hydrogens (tertiary/aromatic N) is 5. The standard InChI is InChI=1S/C36H40FN7O2/c1-35(2,3)19-18-30(26-12-14-27(15-13-26)33(45)38-23-31-40-42-43-41-31)44-34(46)32(28-10-7-11-29(37)22-28)39-36(44)20-16-25(17-21-36)24-8-5-4-6-9-24/h4-15,22,25,30H,16-21,23H2,1-3H3,(H,38,45)(H,40,41,42,43)/t25?,30-,36?/m1/s1. The molecule has 0 radical (unpaired) electrons. The number of tetrazole rings is 1. The van der Waals surface area contributed by atoms with Gasteiger partial charge >= 0.3 is 0 Å². The van der Waals surface area contributed by atoms with Crippen LogP contribution in [0.4, 0.5) is 4.39 Å². The van der Waals surface area contributed by atoms with Gasteiger partial charge in [0.2, 0.25) is 0 Å². The van der Waals surface area contributed by atoms with Crippen LogP contribution in [0.15, 0.2) is 83.9 Å². The third-order valence-electron chi connectivity index (χ3n) is 9.18. The van der Waals surface area contributed by atoms with Gasteiger partial charge in [-0.3, -0.25) is 14.6 Å². The molecule has 1 spiro atoms. The maximum absolute atomic E-state index is 14.5. The van der Waals surface area contributed by atoms with Crippen molar-refractivity contribution in [3.63, 3.8) is 0 Å². The third-order valence-corrected chi connectivity index (χ3v) is 9.18. The normalized spacial score (nSPS) is 20.5. The molecule has 238 valence electrons. The summed E-state index contributed by atoms with van der Waals surface area (Å²) in [4.78, 5) is 34.6. The average molecular weight is 622 g/mol. The van der Waals surface area contributed by atoms with Crippen molar-refractivity contribution in [2.24, 2.45) is 10.4 Å². The maximum atomic E-state index is 14.5. The molecule has 1 aliphatic carbocycles. The lowest BCUT2D eigenvalue weighted by molar-refractivity contribution is -0.133. The Bertz CT molecular complexity index is 1690. The predicted molar refractivity (Wildman–Crippen MR) is 173 cm³/mol. The lowest BCUT2D eigenvalue weighted by atomic mass is 9.77. The Morgan fingerprint density at radius 3 is 2.43 bits per heavy atom. The highest BCUT2D eigenvalue weighted by Crippen LogP contribution is 2.49. The van der Waals surface area contributed by atoms with E-state index in [1.165, 1.54) is 17.7 Å². The highest BCUT2D eigenvalue weighted by Gasteiger charge is 2.52. The van der Waals surface area contributed by atoms with Crippen molar-refractivity contribution >= 4 is 17.5 Å². The first-order valence-corrected chi connectivity index (χ1v) is 16.0. The zero-order chi connectivity index (χ0) is 32.3. The minimum absolute atomic E-state index is 0.0282. The first-order valence-electron chi connectivity index (χ1n) is 16.0. The number of amides is 2. The van der Waals surface area contributed by atoms with Crippen LogP contribution in [-0.2, 0) is 11.3 Å². The summed E-state index contributed by atoms with van der Waals surface area (Å²) in [7, 11) is 0. The highest BCUT2D eigenvalue weighted by molar-refractivity contribution is 6.46. The van der Waals surface area contributed by atoms with Crippen LogP contribution in [0.25, 0.3) is 0 Å². The Kier molecular flexibility index (Phi) is 8.80. The molecule has 3 aromatic carbocycles. The van der Waals surface area contributed by atoms with Gasteiger partial charge in [0.05, 0.1) is 12.6 Å². The first kappa shape index (κ1) is 31.3. The number of carbonyl (C=O) groups excluding carboxylic acids is 2. The van der Waals surface area contributed by atoms with Gasteiger partial charge in [-0.15, -0.1) is 10.2 Å². The lowest BCUT2D eigenvalue weighted by Gasteiger charge is -2.46. The van der Waals surface area contributed by atoms with Crippen LogP contribution < -0.4 is 5.32 Å². The van der Waals surface area contributed by atoms with Gasteiger partial charge in [-0.2, -0.15) is 5.21 Å². The molecule has 0 bridgehead atoms. The quantitative estimate of drug-likeness (QED) is 0.221. The van der Waals surface area contributed by atoms with Crippen LogP contribution in [-0.4, -0.2) is 48.7 Å². The number of halogens is 1. The zero-order valence-electron chi connectivity index (χ0n) is 26.5. The van der Waals surface area contributed by atoms with E-state index in [2.05, 4.69) is 71.0 Å². The molecule has 1 aromatic heterocycles. The minimum Gasteiger partial charge on any atom is -0.345 e. The summed E-state index contributed by atoms with van der Waals surface area (Å²) in [6, 6.07) is 23.9. The van der Waals surface area contributed by atoms with E-state index in [1.54, 1.807) is 24.3 Å². The van der Waals surface area contributed by atoms with Gasteiger partial charge in [-0.05, 0) is 85.3 Å². The summed E-state index contributed by atoms with van der Waals surface area (Å²) in [5.41, 5.74) is 2.83. The number of aliphatic imine (C=N–C) groups is 1. The van der Waals surface area contributed by atoms with Crippen LogP contribution in [0, 0.1) is 11.2 Å². The fourth-order valence-electron chi connectivity index (χ4n) is 6.75. The van der Waals surface area contributed by atoms with E-state index in [0.29, 0.717) is 47.8 Å². The number of rotatable bonds is 9. The molecule has 2 aliphatic rings. The summed E-state index contributed by atoms with van der Waals surface area (Å²) in [5, 5.41) is 16.5. The highest BCUT2D eigenvalue weighted by atomic mass is 19.1. The number of hydrogen-bond donors (Lipinski definition) is 2. The smallest absolute Gasteiger partial charge is 0.275 e. The van der Waals surface area contributed by atoms with Crippen LogP contribution in [0.1, 0.15) is 104 Å². The van der Waals surface area contributed by atoms with Gasteiger partial charge < -0.3 is 10.2 Å². The van der Waals surface area contributed by atoms with Crippen molar-refractivity contribution in [1.82, 2.24) is 30.8 Å². The number of H-pyrrole nitrogens is 1. The largest absolute Gasteiger partial charge is 0.345 e. The van der Waals surface area contributed by atoms with Crippen molar-refractivity contribution in [2.45, 2.75) is 83.5 Å². The molecular weight excluding hydrogens is 581 g/mol. The maximum Gasteiger partial charge on any atom is 0.275 e. The molecule has 0 saturated heterocycles. The molecule has 1 aliphatic heterocycles. The number of aromatic amines is 1. The SMILES string of the molecule is CC(C)(C)CC[C@H](c1ccc(C(=O)NCc2nn[nH]n2)cc1)N1C(=O)C(c2cccc(F)c2)=NC12CCC(c1ccccc1)CC2.